The number of pyridine rings is 1. The van der Waals surface area contributed by atoms with Crippen LogP contribution in [0.15, 0.2) is 36.4 Å². The number of halogens is 7. The maximum atomic E-state index is 15.5. The van der Waals surface area contributed by atoms with E-state index >= 15 is 8.78 Å². The summed E-state index contributed by atoms with van der Waals surface area (Å²) in [4.78, 5) is 30.9. The third kappa shape index (κ3) is 6.91. The number of carbonyl (C=O) groups is 2. The van der Waals surface area contributed by atoms with Crippen molar-refractivity contribution in [3.63, 3.8) is 0 Å². The average Bonchev–Trinajstić information content (AvgIpc) is 3.62. The standard InChI is InChI=1S/C36H29ClF6N8O4S/c1-15-25(45-16(2)52)13-22(20-6-8-24(37)29-32(20)50(3)48-35(29)49-56(4,54)55)30(44-15)26(11-17-9-18(38)12-19(39)10-17)46-27(53)14-51-33-28(31(47-51)34(40)41)21-5-7-23(21)36(33,42)43/h6,8-10,12-13,21,23,26,34H,11,14H2,1-4H3,(H,45,52)(H,46,53)(H,48,49). The summed E-state index contributed by atoms with van der Waals surface area (Å²) >= 11 is 6.57. The largest absolute Gasteiger partial charge is 0.346 e. The van der Waals surface area contributed by atoms with E-state index < -0.39 is 87.2 Å². The van der Waals surface area contributed by atoms with E-state index in [1.165, 1.54) is 37.7 Å². The minimum atomic E-state index is -3.85. The van der Waals surface area contributed by atoms with Gasteiger partial charge in [-0.1, -0.05) is 29.5 Å². The molecule has 0 saturated heterocycles. The zero-order valence-corrected chi connectivity index (χ0v) is 31.2. The molecule has 56 heavy (non-hydrogen) atoms. The number of alkyl halides is 4. The fourth-order valence-corrected chi connectivity index (χ4v) is 7.92. The third-order valence-corrected chi connectivity index (χ3v) is 10.2. The number of fused-ring (bicyclic) bond motifs is 4. The summed E-state index contributed by atoms with van der Waals surface area (Å²) < 4.78 is 117. The van der Waals surface area contributed by atoms with E-state index in [4.69, 9.17) is 16.6 Å². The Bertz CT molecular complexity index is 2650. The van der Waals surface area contributed by atoms with Gasteiger partial charge in [0, 0.05) is 36.7 Å². The maximum absolute atomic E-state index is 15.5. The number of hydrogen-bond acceptors (Lipinski definition) is 7. The minimum absolute atomic E-state index is 0.0331. The Morgan fingerprint density at radius 1 is 1.04 bits per heavy atom. The molecular weight excluding hydrogens is 790 g/mol. The van der Waals surface area contributed by atoms with E-state index in [1.54, 1.807) is 6.07 Å². The lowest BCUT2D eigenvalue weighted by atomic mass is 9.84. The molecule has 3 heterocycles. The van der Waals surface area contributed by atoms with Gasteiger partial charge >= 0.3 is 5.92 Å². The number of hydrogen-bond donors (Lipinski definition) is 3. The predicted octanol–water partition coefficient (Wildman–Crippen LogP) is 6.26. The van der Waals surface area contributed by atoms with Crippen LogP contribution in [0.1, 0.15) is 59.2 Å². The SMILES string of the molecule is CC(=O)Nc1cc(-c2ccc(Cl)c3c(NS(C)(=O)=O)nn(C)c23)c(C(Cc2cc(F)cc(F)c2)NC(=O)Cn2nc(C(F)F)c3c2C(F)(F)C2C#CC32)nc1C. The summed E-state index contributed by atoms with van der Waals surface area (Å²) in [6, 6.07) is 5.83. The number of carbonyl (C=O) groups excluding carboxylic acids is 2. The van der Waals surface area contributed by atoms with E-state index in [0.29, 0.717) is 16.3 Å². The Morgan fingerprint density at radius 2 is 1.73 bits per heavy atom. The van der Waals surface area contributed by atoms with Gasteiger partial charge in [0.05, 0.1) is 51.2 Å². The first-order valence-corrected chi connectivity index (χ1v) is 18.9. The first-order chi connectivity index (χ1) is 26.2. The van der Waals surface area contributed by atoms with Crippen LogP contribution in [0.3, 0.4) is 0 Å². The molecule has 7 rings (SSSR count). The van der Waals surface area contributed by atoms with Crippen molar-refractivity contribution >= 4 is 55.8 Å². The van der Waals surface area contributed by atoms with E-state index in [2.05, 4.69) is 37.4 Å². The zero-order valence-electron chi connectivity index (χ0n) is 29.6. The van der Waals surface area contributed by atoms with Gasteiger partial charge in [0.2, 0.25) is 21.8 Å². The van der Waals surface area contributed by atoms with Crippen molar-refractivity contribution < 1.29 is 44.3 Å². The third-order valence-electron chi connectivity index (χ3n) is 9.35. The molecule has 12 nitrogen and oxygen atoms in total. The summed E-state index contributed by atoms with van der Waals surface area (Å²) in [5, 5.41) is 13.6. The molecule has 0 spiro atoms. The molecule has 5 aromatic rings. The van der Waals surface area contributed by atoms with Crippen molar-refractivity contribution in [1.82, 2.24) is 29.9 Å². The molecule has 3 aromatic heterocycles. The van der Waals surface area contributed by atoms with Gasteiger partial charge in [-0.05, 0) is 43.2 Å². The summed E-state index contributed by atoms with van der Waals surface area (Å²) in [6.45, 7) is 1.82. The lowest BCUT2D eigenvalue weighted by Gasteiger charge is -2.25. The Labute approximate surface area is 319 Å². The number of benzene rings is 2. The van der Waals surface area contributed by atoms with Crippen LogP contribution in [0.2, 0.25) is 5.02 Å². The second-order valence-corrected chi connectivity index (χ2v) is 15.6. The lowest BCUT2D eigenvalue weighted by molar-refractivity contribution is -0.123. The topological polar surface area (TPSA) is 153 Å². The van der Waals surface area contributed by atoms with Crippen LogP contribution in [-0.2, 0) is 45.5 Å². The zero-order chi connectivity index (χ0) is 40.6. The van der Waals surface area contributed by atoms with Gasteiger partial charge in [-0.25, -0.2) is 26.0 Å². The van der Waals surface area contributed by atoms with Crippen molar-refractivity contribution in [2.75, 3.05) is 16.3 Å². The number of aryl methyl sites for hydroxylation is 2. The highest BCUT2D eigenvalue weighted by Gasteiger charge is 2.60. The van der Waals surface area contributed by atoms with Gasteiger partial charge in [-0.15, -0.1) is 0 Å². The molecule has 2 aliphatic carbocycles. The van der Waals surface area contributed by atoms with Gasteiger partial charge in [0.1, 0.15) is 35.5 Å². The molecule has 20 heteroatoms. The van der Waals surface area contributed by atoms with Crippen LogP contribution in [0.25, 0.3) is 22.0 Å². The van der Waals surface area contributed by atoms with E-state index in [9.17, 15) is 35.6 Å². The highest BCUT2D eigenvalue weighted by Crippen LogP contribution is 2.57. The predicted molar refractivity (Wildman–Crippen MR) is 192 cm³/mol. The van der Waals surface area contributed by atoms with Crippen LogP contribution in [0, 0.1) is 36.3 Å². The normalized spacial score (nSPS) is 17.1. The van der Waals surface area contributed by atoms with E-state index in [0.717, 1.165) is 18.4 Å². The Hall–Kier alpha value is -5.61. The van der Waals surface area contributed by atoms with Gasteiger partial charge in [-0.2, -0.15) is 19.0 Å². The fraction of sp³-hybridized carbons (Fsp3) is 0.306. The maximum Gasteiger partial charge on any atom is 0.304 e. The van der Waals surface area contributed by atoms with Crippen molar-refractivity contribution in [2.45, 2.75) is 51.1 Å². The lowest BCUT2D eigenvalue weighted by Crippen LogP contribution is -2.36. The highest BCUT2D eigenvalue weighted by molar-refractivity contribution is 7.92. The van der Waals surface area contributed by atoms with E-state index in [-0.39, 0.29) is 56.4 Å². The van der Waals surface area contributed by atoms with Crippen LogP contribution < -0.4 is 15.4 Å². The highest BCUT2D eigenvalue weighted by atomic mass is 35.5. The second-order valence-electron chi connectivity index (χ2n) is 13.5. The van der Waals surface area contributed by atoms with Gasteiger partial charge in [-0.3, -0.25) is 28.7 Å². The monoisotopic (exact) mass is 818 g/mol. The number of amides is 2. The minimum Gasteiger partial charge on any atom is -0.346 e. The number of nitrogens with one attached hydrogen (secondary N) is 3. The molecule has 3 unspecified atom stereocenters. The Kier molecular flexibility index (Phi) is 9.56. The quantitative estimate of drug-likeness (QED) is 0.105. The van der Waals surface area contributed by atoms with Crippen LogP contribution in [-0.4, -0.2) is 51.0 Å². The van der Waals surface area contributed by atoms with Gasteiger partial charge in [0.15, 0.2) is 5.82 Å². The summed E-state index contributed by atoms with van der Waals surface area (Å²) in [5.41, 5.74) is -0.958. The Morgan fingerprint density at radius 3 is 2.34 bits per heavy atom. The molecule has 3 N–H and O–H groups in total. The first kappa shape index (κ1) is 38.7. The van der Waals surface area contributed by atoms with Crippen LogP contribution in [0.4, 0.5) is 37.8 Å². The average molecular weight is 819 g/mol. The van der Waals surface area contributed by atoms with Crippen molar-refractivity contribution in [3.05, 3.63) is 87.0 Å². The number of sulfonamides is 1. The summed E-state index contributed by atoms with van der Waals surface area (Å²) in [5.74, 6) is -5.10. The Balaban J connectivity index is 1.39. The van der Waals surface area contributed by atoms with Gasteiger partial charge in [0.25, 0.3) is 6.43 Å². The van der Waals surface area contributed by atoms with Crippen molar-refractivity contribution in [1.29, 1.82) is 0 Å². The fourth-order valence-electron chi connectivity index (χ4n) is 7.18. The number of rotatable bonds is 11. The molecule has 2 aliphatic rings. The summed E-state index contributed by atoms with van der Waals surface area (Å²) in [6.07, 6.45) is -2.68. The number of nitrogens with zero attached hydrogens (tertiary/aromatic N) is 5. The van der Waals surface area contributed by atoms with Crippen LogP contribution >= 0.6 is 11.6 Å². The van der Waals surface area contributed by atoms with Crippen LogP contribution in [0.5, 0.6) is 0 Å². The smallest absolute Gasteiger partial charge is 0.304 e. The summed E-state index contributed by atoms with van der Waals surface area (Å²) in [7, 11) is -2.35. The molecule has 0 bridgehead atoms. The number of anilines is 2. The second kappa shape index (κ2) is 13.8. The molecule has 0 aliphatic heterocycles. The van der Waals surface area contributed by atoms with E-state index in [1.807, 2.05) is 0 Å². The molecule has 0 radical (unpaired) electrons. The number of aromatic nitrogens is 5. The first-order valence-electron chi connectivity index (χ1n) is 16.7. The molecule has 2 aromatic carbocycles. The van der Waals surface area contributed by atoms with Gasteiger partial charge < -0.3 is 10.6 Å². The molecule has 0 fully saturated rings. The molecule has 2 amide bonds. The molecule has 292 valence electrons. The van der Waals surface area contributed by atoms with Crippen molar-refractivity contribution in [2.24, 2.45) is 13.0 Å². The molecule has 3 atom stereocenters. The molecular formula is C36H29ClF6N8O4S. The van der Waals surface area contributed by atoms with Crippen molar-refractivity contribution in [3.8, 4) is 23.0 Å². The molecule has 0 saturated carbocycles.